The van der Waals surface area contributed by atoms with Crippen molar-refractivity contribution in [1.29, 1.82) is 0 Å². The van der Waals surface area contributed by atoms with E-state index in [4.69, 9.17) is 4.74 Å². The molecule has 4 rings (SSSR count). The monoisotopic (exact) mass is 520 g/mol. The number of hydrogen-bond acceptors (Lipinski definition) is 6. The number of carbonyl (C=O) groups excluding carboxylic acids is 1. The molecule has 0 unspecified atom stereocenters. The van der Waals surface area contributed by atoms with Crippen LogP contribution < -0.4 is 15.5 Å². The van der Waals surface area contributed by atoms with Crippen LogP contribution in [0.4, 0.5) is 17.2 Å². The molecule has 0 radical (unpaired) electrons. The van der Waals surface area contributed by atoms with Gasteiger partial charge in [0.1, 0.15) is 5.69 Å². The maximum absolute atomic E-state index is 13.4. The third kappa shape index (κ3) is 7.19. The molecule has 3 N–H and O–H groups in total. The number of ether oxygens (including phenoxy) is 1. The van der Waals surface area contributed by atoms with Gasteiger partial charge in [0.25, 0.3) is 5.91 Å². The zero-order valence-corrected chi connectivity index (χ0v) is 24.0. The Kier molecular flexibility index (Phi) is 8.21. The number of nitrogens with one attached hydrogen (secondary N) is 3. The van der Waals surface area contributed by atoms with Crippen LogP contribution >= 0.6 is 0 Å². The fraction of sp³-hybridized carbons (Fsp3) is 0.533. The summed E-state index contributed by atoms with van der Waals surface area (Å²) in [4.78, 5) is 25.5. The highest BCUT2D eigenvalue weighted by Gasteiger charge is 2.25. The number of benzene rings is 1. The van der Waals surface area contributed by atoms with Crippen LogP contribution in [0.3, 0.4) is 0 Å². The minimum atomic E-state index is -0.137. The summed E-state index contributed by atoms with van der Waals surface area (Å²) >= 11 is 0. The first-order valence-electron chi connectivity index (χ1n) is 13.7. The SMILES string of the molecule is CC(C)Nc1cccnc1N1CCN(C(=O)c2cc3cc(NC(C)(C)CCOC(C)(C)C)ccc3[nH]2)CC1. The van der Waals surface area contributed by atoms with Gasteiger partial charge in [0.2, 0.25) is 0 Å². The first-order valence-corrected chi connectivity index (χ1v) is 13.7. The van der Waals surface area contributed by atoms with Crippen LogP contribution in [-0.2, 0) is 4.74 Å². The molecule has 3 heterocycles. The Hall–Kier alpha value is -3.26. The highest BCUT2D eigenvalue weighted by atomic mass is 16.5. The molecule has 2 aromatic heterocycles. The molecule has 1 aliphatic rings. The lowest BCUT2D eigenvalue weighted by molar-refractivity contribution is -0.00846. The smallest absolute Gasteiger partial charge is 0.270 e. The third-order valence-electron chi connectivity index (χ3n) is 6.69. The van der Waals surface area contributed by atoms with E-state index in [2.05, 4.69) is 92.2 Å². The van der Waals surface area contributed by atoms with Crippen LogP contribution in [0.5, 0.6) is 0 Å². The molecule has 1 amide bonds. The Morgan fingerprint density at radius 2 is 1.82 bits per heavy atom. The Morgan fingerprint density at radius 3 is 2.50 bits per heavy atom. The molecular weight excluding hydrogens is 476 g/mol. The molecule has 3 aromatic rings. The minimum Gasteiger partial charge on any atom is -0.380 e. The Morgan fingerprint density at radius 1 is 1.08 bits per heavy atom. The van der Waals surface area contributed by atoms with Crippen LogP contribution in [0.1, 0.15) is 65.4 Å². The van der Waals surface area contributed by atoms with Crippen LogP contribution in [0.2, 0.25) is 0 Å². The van der Waals surface area contributed by atoms with Gasteiger partial charge in [-0.1, -0.05) is 0 Å². The molecule has 0 aliphatic carbocycles. The van der Waals surface area contributed by atoms with Gasteiger partial charge in [-0.15, -0.1) is 0 Å². The minimum absolute atomic E-state index is 0.0385. The Balaban J connectivity index is 1.38. The van der Waals surface area contributed by atoms with Crippen LogP contribution in [0.15, 0.2) is 42.6 Å². The zero-order valence-electron chi connectivity index (χ0n) is 24.0. The molecular formula is C30H44N6O2. The van der Waals surface area contributed by atoms with Gasteiger partial charge in [-0.05, 0) is 91.3 Å². The maximum atomic E-state index is 13.4. The normalized spacial score (nSPS) is 14.8. The van der Waals surface area contributed by atoms with Gasteiger partial charge < -0.3 is 30.2 Å². The summed E-state index contributed by atoms with van der Waals surface area (Å²) in [6.07, 6.45) is 2.71. The summed E-state index contributed by atoms with van der Waals surface area (Å²) in [6.45, 7) is 18.3. The number of H-pyrrole nitrogens is 1. The summed E-state index contributed by atoms with van der Waals surface area (Å²) in [7, 11) is 0. The second kappa shape index (κ2) is 11.2. The van der Waals surface area contributed by atoms with Crippen molar-refractivity contribution in [2.75, 3.05) is 48.3 Å². The van der Waals surface area contributed by atoms with Crippen LogP contribution in [0.25, 0.3) is 10.9 Å². The van der Waals surface area contributed by atoms with E-state index in [1.807, 2.05) is 29.3 Å². The zero-order chi connectivity index (χ0) is 27.5. The second-order valence-electron chi connectivity index (χ2n) is 12.2. The van der Waals surface area contributed by atoms with Gasteiger partial charge >= 0.3 is 0 Å². The molecule has 0 atom stereocenters. The molecule has 0 spiro atoms. The summed E-state index contributed by atoms with van der Waals surface area (Å²) in [5.74, 6) is 0.989. The van der Waals surface area contributed by atoms with Crippen molar-refractivity contribution >= 4 is 34.0 Å². The fourth-order valence-corrected chi connectivity index (χ4v) is 4.76. The lowest BCUT2D eigenvalue weighted by Crippen LogP contribution is -2.49. The number of anilines is 3. The first-order chi connectivity index (χ1) is 17.9. The van der Waals surface area contributed by atoms with Gasteiger partial charge in [0, 0.05) is 67.2 Å². The molecule has 8 nitrogen and oxygen atoms in total. The first kappa shape index (κ1) is 27.8. The average molecular weight is 521 g/mol. The van der Waals surface area contributed by atoms with E-state index >= 15 is 0 Å². The fourth-order valence-electron chi connectivity index (χ4n) is 4.76. The van der Waals surface area contributed by atoms with E-state index in [1.165, 1.54) is 0 Å². The van der Waals surface area contributed by atoms with E-state index in [0.717, 1.165) is 47.6 Å². The number of rotatable bonds is 9. The topological polar surface area (TPSA) is 85.5 Å². The number of pyridine rings is 1. The van der Waals surface area contributed by atoms with Gasteiger partial charge in [-0.2, -0.15) is 0 Å². The molecule has 1 saturated heterocycles. The Bertz CT molecular complexity index is 1240. The maximum Gasteiger partial charge on any atom is 0.270 e. The van der Waals surface area contributed by atoms with Crippen molar-refractivity contribution in [1.82, 2.24) is 14.9 Å². The molecule has 38 heavy (non-hydrogen) atoms. The number of aromatic amines is 1. The molecule has 8 heteroatoms. The summed E-state index contributed by atoms with van der Waals surface area (Å²) in [6, 6.07) is 12.5. The van der Waals surface area contributed by atoms with Gasteiger partial charge in [0.15, 0.2) is 5.82 Å². The van der Waals surface area contributed by atoms with E-state index in [9.17, 15) is 4.79 Å². The predicted molar refractivity (Wildman–Crippen MR) is 157 cm³/mol. The summed E-state index contributed by atoms with van der Waals surface area (Å²) in [5, 5.41) is 8.13. The van der Waals surface area contributed by atoms with Gasteiger partial charge in [-0.25, -0.2) is 4.98 Å². The highest BCUT2D eigenvalue weighted by Crippen LogP contribution is 2.27. The standard InChI is InChI=1S/C30H44N6O2/c1-21(2)32-25-9-8-13-31-27(25)35-14-16-36(17-15-35)28(37)26-20-22-19-23(10-11-24(22)33-26)34-30(6,7)12-18-38-29(3,4)5/h8-11,13,19-21,32-34H,12,14-18H2,1-7H3. The van der Waals surface area contributed by atoms with E-state index < -0.39 is 0 Å². The summed E-state index contributed by atoms with van der Waals surface area (Å²) in [5.41, 5.74) is 3.40. The Labute approximate surface area is 227 Å². The second-order valence-corrected chi connectivity index (χ2v) is 12.2. The number of hydrogen-bond donors (Lipinski definition) is 3. The number of fused-ring (bicyclic) bond motifs is 1. The highest BCUT2D eigenvalue weighted by molar-refractivity contribution is 5.98. The third-order valence-corrected chi connectivity index (χ3v) is 6.69. The van der Waals surface area contributed by atoms with E-state index in [-0.39, 0.29) is 17.0 Å². The van der Waals surface area contributed by atoms with E-state index in [1.54, 1.807) is 0 Å². The largest absolute Gasteiger partial charge is 0.380 e. The lowest BCUT2D eigenvalue weighted by atomic mass is 10.0. The number of carbonyl (C=O) groups is 1. The molecule has 0 bridgehead atoms. The van der Waals surface area contributed by atoms with Gasteiger partial charge in [0.05, 0.1) is 11.3 Å². The summed E-state index contributed by atoms with van der Waals surface area (Å²) < 4.78 is 5.92. The van der Waals surface area contributed by atoms with E-state index in [0.29, 0.717) is 31.4 Å². The van der Waals surface area contributed by atoms with Gasteiger partial charge in [-0.3, -0.25) is 4.79 Å². The number of aromatic nitrogens is 2. The molecule has 1 fully saturated rings. The lowest BCUT2D eigenvalue weighted by Gasteiger charge is -2.36. The van der Waals surface area contributed by atoms with Crippen molar-refractivity contribution < 1.29 is 9.53 Å². The predicted octanol–water partition coefficient (Wildman–Crippen LogP) is 5.74. The van der Waals surface area contributed by atoms with Crippen molar-refractivity contribution in [2.24, 2.45) is 0 Å². The average Bonchev–Trinajstić information content (AvgIpc) is 3.26. The number of nitrogens with zero attached hydrogens (tertiary/aromatic N) is 3. The number of piperazine rings is 1. The molecule has 1 aliphatic heterocycles. The van der Waals surface area contributed by atoms with Crippen molar-refractivity contribution in [2.45, 2.75) is 72.1 Å². The van der Waals surface area contributed by atoms with Crippen molar-refractivity contribution in [3.05, 3.63) is 48.3 Å². The van der Waals surface area contributed by atoms with Crippen LogP contribution in [-0.4, -0.2) is 70.7 Å². The van der Waals surface area contributed by atoms with Crippen molar-refractivity contribution in [3.63, 3.8) is 0 Å². The number of amides is 1. The quantitative estimate of drug-likeness (QED) is 0.334. The van der Waals surface area contributed by atoms with Crippen LogP contribution in [0, 0.1) is 0 Å². The van der Waals surface area contributed by atoms with Crippen molar-refractivity contribution in [3.8, 4) is 0 Å². The molecule has 0 saturated carbocycles. The molecule has 206 valence electrons. The molecule has 1 aromatic carbocycles.